The molecule has 0 aliphatic heterocycles. The van der Waals surface area contributed by atoms with Gasteiger partial charge in [0.05, 0.1) is 22.1 Å². The third kappa shape index (κ3) is 5.51. The zero-order chi connectivity index (χ0) is 21.6. The molecule has 0 radical (unpaired) electrons. The van der Waals surface area contributed by atoms with Gasteiger partial charge in [-0.05, 0) is 47.9 Å². The Morgan fingerprint density at radius 1 is 1.03 bits per heavy atom. The monoisotopic (exact) mass is 450 g/mol. The van der Waals surface area contributed by atoms with Crippen LogP contribution in [0.15, 0.2) is 83.0 Å². The van der Waals surface area contributed by atoms with Crippen LogP contribution in [0, 0.1) is 0 Å². The van der Waals surface area contributed by atoms with Gasteiger partial charge < -0.3 is 15.2 Å². The Hall–Kier alpha value is -3.69. The van der Waals surface area contributed by atoms with Gasteiger partial charge >= 0.3 is 0 Å². The summed E-state index contributed by atoms with van der Waals surface area (Å²) in [5.41, 5.74) is 2.70. The predicted octanol–water partition coefficient (Wildman–Crippen LogP) is 2.37. The van der Waals surface area contributed by atoms with Gasteiger partial charge in [-0.1, -0.05) is 24.3 Å². The average Bonchev–Trinajstić information content (AvgIpc) is 2.80. The number of aromatic nitrogens is 3. The molecule has 0 aliphatic carbocycles. The van der Waals surface area contributed by atoms with Crippen LogP contribution in [-0.4, -0.2) is 30.4 Å². The molecule has 1 atom stereocenters. The molecule has 0 spiro atoms. The highest BCUT2D eigenvalue weighted by Gasteiger charge is 2.12. The fraction of sp³-hybridized carbons (Fsp3) is 0.130. The number of nitrogens with one attached hydrogen (secondary N) is 2. The normalized spacial score (nSPS) is 11.5. The minimum Gasteiger partial charge on any atom is -0.412 e. The lowest BCUT2D eigenvalue weighted by Crippen LogP contribution is -2.10. The Kier molecular flexibility index (Phi) is 7.58. The first-order valence-electron chi connectivity index (χ1n) is 9.74. The number of carbonyl (C=O) groups is 1. The van der Waals surface area contributed by atoms with E-state index >= 15 is 0 Å². The number of Topliss-reactive ketones (excluding diaryl/α,β-unsaturated/α-hetero) is 1. The van der Waals surface area contributed by atoms with Crippen LogP contribution >= 0.6 is 0 Å². The van der Waals surface area contributed by atoms with E-state index in [1.807, 2.05) is 24.3 Å². The van der Waals surface area contributed by atoms with Crippen LogP contribution in [0.25, 0.3) is 10.9 Å². The summed E-state index contributed by atoms with van der Waals surface area (Å²) < 4.78 is 15.7. The standard InChI is InChI=1S/C23H20N4O3S.H2O/c28-19(11-8-17-3-2-12-24-14-17)13-16-6-9-18(10-7-16)27-31(30)21-5-1-4-20-22(21)25-15-26-23(20)29;/h1-7,9-10,12,14-15,27H,8,11,13H2,(H,25,26,29);1H2. The van der Waals surface area contributed by atoms with Crippen molar-refractivity contribution in [2.24, 2.45) is 0 Å². The number of carbonyl (C=O) groups excluding carboxylic acids is 1. The zero-order valence-corrected chi connectivity index (χ0v) is 17.9. The number of benzene rings is 2. The van der Waals surface area contributed by atoms with Gasteiger partial charge in [-0.15, -0.1) is 0 Å². The largest absolute Gasteiger partial charge is 0.412 e. The van der Waals surface area contributed by atoms with Crippen LogP contribution in [0.2, 0.25) is 0 Å². The molecule has 164 valence electrons. The number of nitrogens with zero attached hydrogens (tertiary/aromatic N) is 2. The summed E-state index contributed by atoms with van der Waals surface area (Å²) >= 11 is 0. The third-order valence-corrected chi connectivity index (χ3v) is 5.96. The average molecular weight is 451 g/mol. The quantitative estimate of drug-likeness (QED) is 0.425. The number of hydrogen-bond acceptors (Lipinski definition) is 5. The van der Waals surface area contributed by atoms with Crippen LogP contribution in [0.1, 0.15) is 17.5 Å². The van der Waals surface area contributed by atoms with Gasteiger partial charge in [0.25, 0.3) is 5.56 Å². The van der Waals surface area contributed by atoms with Crippen LogP contribution < -0.4 is 10.3 Å². The summed E-state index contributed by atoms with van der Waals surface area (Å²) in [5, 5.41) is 0.385. The maximum Gasteiger partial charge on any atom is 0.258 e. The topological polar surface area (TPSA) is 136 Å². The lowest BCUT2D eigenvalue weighted by atomic mass is 10.0. The van der Waals surface area contributed by atoms with Gasteiger partial charge in [-0.2, -0.15) is 0 Å². The molecule has 2 heterocycles. The van der Waals surface area contributed by atoms with Gasteiger partial charge in [-0.3, -0.25) is 14.6 Å². The summed E-state index contributed by atoms with van der Waals surface area (Å²) in [6.45, 7) is 0. The first-order valence-corrected chi connectivity index (χ1v) is 10.9. The number of hydrogen-bond donors (Lipinski definition) is 2. The molecular formula is C23H22N4O4S. The molecule has 0 amide bonds. The predicted molar refractivity (Wildman–Crippen MR) is 124 cm³/mol. The Morgan fingerprint density at radius 2 is 1.84 bits per heavy atom. The maximum atomic E-state index is 12.8. The van der Waals surface area contributed by atoms with Crippen LogP contribution in [0.4, 0.5) is 5.69 Å². The first-order chi connectivity index (χ1) is 15.1. The van der Waals surface area contributed by atoms with Crippen molar-refractivity contribution in [1.29, 1.82) is 0 Å². The molecule has 4 aromatic rings. The number of anilines is 1. The molecule has 0 saturated heterocycles. The lowest BCUT2D eigenvalue weighted by molar-refractivity contribution is -0.118. The smallest absolute Gasteiger partial charge is 0.258 e. The summed E-state index contributed by atoms with van der Waals surface area (Å²) in [6.07, 6.45) is 6.26. The van der Waals surface area contributed by atoms with Crippen molar-refractivity contribution in [2.75, 3.05) is 4.72 Å². The summed E-state index contributed by atoms with van der Waals surface area (Å²) in [6, 6.07) is 16.1. The van der Waals surface area contributed by atoms with Crippen LogP contribution in [-0.2, 0) is 28.6 Å². The van der Waals surface area contributed by atoms with Crippen molar-refractivity contribution < 1.29 is 14.5 Å². The molecule has 0 bridgehead atoms. The Balaban J connectivity index is 0.00000289. The van der Waals surface area contributed by atoms with E-state index in [9.17, 15) is 13.8 Å². The molecule has 2 aromatic heterocycles. The van der Waals surface area contributed by atoms with E-state index < -0.39 is 11.0 Å². The molecule has 0 aliphatic rings. The molecule has 9 heteroatoms. The molecule has 4 rings (SSSR count). The highest BCUT2D eigenvalue weighted by Crippen LogP contribution is 2.19. The molecule has 0 fully saturated rings. The lowest BCUT2D eigenvalue weighted by Gasteiger charge is -2.09. The Labute approximate surface area is 186 Å². The second-order valence-corrected chi connectivity index (χ2v) is 8.21. The Morgan fingerprint density at radius 3 is 2.59 bits per heavy atom. The number of para-hydroxylation sites is 1. The molecule has 32 heavy (non-hydrogen) atoms. The van der Waals surface area contributed by atoms with Crippen LogP contribution in [0.3, 0.4) is 0 Å². The van der Waals surface area contributed by atoms with E-state index in [-0.39, 0.29) is 16.8 Å². The first kappa shape index (κ1) is 23.0. The second kappa shape index (κ2) is 10.6. The van der Waals surface area contributed by atoms with E-state index in [1.165, 1.54) is 6.33 Å². The van der Waals surface area contributed by atoms with Crippen molar-refractivity contribution in [1.82, 2.24) is 15.0 Å². The summed E-state index contributed by atoms with van der Waals surface area (Å²) in [7, 11) is -1.60. The third-order valence-electron chi connectivity index (χ3n) is 4.81. The minimum absolute atomic E-state index is 0. The number of H-pyrrole nitrogens is 1. The summed E-state index contributed by atoms with van der Waals surface area (Å²) in [4.78, 5) is 35.3. The van der Waals surface area contributed by atoms with Gasteiger partial charge in [0.2, 0.25) is 0 Å². The van der Waals surface area contributed by atoms with Crippen molar-refractivity contribution in [3.63, 3.8) is 0 Å². The number of pyridine rings is 1. The van der Waals surface area contributed by atoms with Crippen molar-refractivity contribution >= 4 is 33.4 Å². The molecular weight excluding hydrogens is 428 g/mol. The van der Waals surface area contributed by atoms with Gasteiger partial charge in [0.15, 0.2) is 11.0 Å². The van der Waals surface area contributed by atoms with Gasteiger partial charge in [0, 0.05) is 30.9 Å². The number of aromatic amines is 1. The van der Waals surface area contributed by atoms with E-state index in [4.69, 9.17) is 0 Å². The van der Waals surface area contributed by atoms with Crippen molar-refractivity contribution in [3.05, 3.63) is 94.8 Å². The van der Waals surface area contributed by atoms with Gasteiger partial charge in [-0.25, -0.2) is 9.19 Å². The van der Waals surface area contributed by atoms with Crippen LogP contribution in [0.5, 0.6) is 0 Å². The molecule has 2 aromatic carbocycles. The molecule has 8 nitrogen and oxygen atoms in total. The highest BCUT2D eigenvalue weighted by atomic mass is 32.2. The van der Waals surface area contributed by atoms with Gasteiger partial charge in [0.1, 0.15) is 5.78 Å². The fourth-order valence-corrected chi connectivity index (χ4v) is 4.22. The number of rotatable bonds is 8. The molecule has 1 unspecified atom stereocenters. The zero-order valence-electron chi connectivity index (χ0n) is 17.1. The number of fused-ring (bicyclic) bond motifs is 1. The SMILES string of the molecule is O.O=C(CCc1cccnc1)Cc1ccc(NS(=O)c2cccc3c(=O)[nH]cnc23)cc1. The highest BCUT2D eigenvalue weighted by molar-refractivity contribution is 7.86. The summed E-state index contributed by atoms with van der Waals surface area (Å²) in [5.74, 6) is 0.153. The van der Waals surface area contributed by atoms with Crippen molar-refractivity contribution in [3.8, 4) is 0 Å². The van der Waals surface area contributed by atoms with E-state index in [2.05, 4.69) is 19.7 Å². The maximum absolute atomic E-state index is 12.8. The van der Waals surface area contributed by atoms with E-state index in [1.54, 1.807) is 42.7 Å². The van der Waals surface area contributed by atoms with E-state index in [0.29, 0.717) is 40.7 Å². The molecule has 0 saturated carbocycles. The second-order valence-electron chi connectivity index (χ2n) is 7.03. The van der Waals surface area contributed by atoms with E-state index in [0.717, 1.165) is 11.1 Å². The minimum atomic E-state index is -1.60. The Bertz CT molecular complexity index is 1290. The number of aryl methyl sites for hydroxylation is 1. The fourth-order valence-electron chi connectivity index (χ4n) is 3.22. The number of ketones is 1. The van der Waals surface area contributed by atoms with Crippen molar-refractivity contribution in [2.45, 2.75) is 24.2 Å². The molecule has 4 N–H and O–H groups in total.